The van der Waals surface area contributed by atoms with Gasteiger partial charge in [0.1, 0.15) is 0 Å². The summed E-state index contributed by atoms with van der Waals surface area (Å²) in [4.78, 5) is 15.0. The third-order valence-electron chi connectivity index (χ3n) is 6.84. The SMILES string of the molecule is CN1CCN(S(=O)(=O)Cc2ccc(C(=O)NCC3(c4ccccc4)CCOCC3)cc2)CC1. The molecule has 2 fully saturated rings. The summed E-state index contributed by atoms with van der Waals surface area (Å²) in [5.74, 6) is -0.194. The van der Waals surface area contributed by atoms with E-state index in [9.17, 15) is 13.2 Å². The van der Waals surface area contributed by atoms with Crippen LogP contribution in [0.5, 0.6) is 0 Å². The minimum Gasteiger partial charge on any atom is -0.381 e. The first-order valence-electron chi connectivity index (χ1n) is 11.5. The first-order valence-corrected chi connectivity index (χ1v) is 13.2. The fraction of sp³-hybridized carbons (Fsp3) is 0.480. The summed E-state index contributed by atoms with van der Waals surface area (Å²) in [7, 11) is -1.36. The van der Waals surface area contributed by atoms with Gasteiger partial charge >= 0.3 is 0 Å². The van der Waals surface area contributed by atoms with Crippen molar-refractivity contribution in [1.82, 2.24) is 14.5 Å². The van der Waals surface area contributed by atoms with E-state index in [1.54, 1.807) is 28.6 Å². The van der Waals surface area contributed by atoms with E-state index in [0.29, 0.717) is 44.0 Å². The maximum Gasteiger partial charge on any atom is 0.251 e. The molecule has 0 saturated carbocycles. The monoisotopic (exact) mass is 471 g/mol. The van der Waals surface area contributed by atoms with Gasteiger partial charge in [-0.25, -0.2) is 8.42 Å². The van der Waals surface area contributed by atoms with E-state index in [1.165, 1.54) is 5.56 Å². The van der Waals surface area contributed by atoms with E-state index in [-0.39, 0.29) is 17.1 Å². The highest BCUT2D eigenvalue weighted by atomic mass is 32.2. The molecule has 0 radical (unpaired) electrons. The second-order valence-electron chi connectivity index (χ2n) is 9.10. The summed E-state index contributed by atoms with van der Waals surface area (Å²) in [6, 6.07) is 17.2. The topological polar surface area (TPSA) is 79.0 Å². The van der Waals surface area contributed by atoms with Gasteiger partial charge in [0.2, 0.25) is 10.0 Å². The van der Waals surface area contributed by atoms with Gasteiger partial charge in [0.15, 0.2) is 0 Å². The lowest BCUT2D eigenvalue weighted by atomic mass is 9.74. The van der Waals surface area contributed by atoms with E-state index >= 15 is 0 Å². The molecule has 0 aliphatic carbocycles. The Morgan fingerprint density at radius 2 is 1.61 bits per heavy atom. The Kier molecular flexibility index (Phi) is 7.48. The molecule has 0 bridgehead atoms. The van der Waals surface area contributed by atoms with Crippen molar-refractivity contribution in [3.05, 3.63) is 71.3 Å². The van der Waals surface area contributed by atoms with Crippen molar-refractivity contribution < 1.29 is 17.9 Å². The molecule has 7 nitrogen and oxygen atoms in total. The number of piperazine rings is 1. The molecule has 1 N–H and O–H groups in total. The van der Waals surface area contributed by atoms with E-state index in [0.717, 1.165) is 25.9 Å². The molecule has 0 aromatic heterocycles. The van der Waals surface area contributed by atoms with E-state index in [4.69, 9.17) is 4.74 Å². The number of hydrogen-bond donors (Lipinski definition) is 1. The molecular formula is C25H33N3O4S. The molecule has 4 rings (SSSR count). The Morgan fingerprint density at radius 1 is 0.970 bits per heavy atom. The summed E-state index contributed by atoms with van der Waals surface area (Å²) >= 11 is 0. The van der Waals surface area contributed by atoms with Crippen molar-refractivity contribution in [2.45, 2.75) is 24.0 Å². The van der Waals surface area contributed by atoms with Crippen LogP contribution in [0.3, 0.4) is 0 Å². The second kappa shape index (κ2) is 10.3. The third-order valence-corrected chi connectivity index (χ3v) is 8.69. The number of hydrogen-bond acceptors (Lipinski definition) is 5. The maximum absolute atomic E-state index is 12.9. The quantitative estimate of drug-likeness (QED) is 0.670. The average molecular weight is 472 g/mol. The Hall–Kier alpha value is -2.26. The van der Waals surface area contributed by atoms with Gasteiger partial charge in [-0.1, -0.05) is 42.5 Å². The molecule has 2 aliphatic heterocycles. The standard InChI is InChI=1S/C25H33N3O4S/c1-27-13-15-28(16-14-27)33(30,31)19-21-7-9-22(10-8-21)24(29)26-20-25(11-17-32-18-12-25)23-5-3-2-4-6-23/h2-10H,11-20H2,1H3,(H,26,29). The zero-order valence-corrected chi connectivity index (χ0v) is 20.0. The number of likely N-dealkylation sites (N-methyl/N-ethyl adjacent to an activating group) is 1. The Bertz CT molecular complexity index is 1030. The molecule has 0 spiro atoms. The van der Waals surface area contributed by atoms with Crippen LogP contribution in [0, 0.1) is 0 Å². The van der Waals surface area contributed by atoms with Crippen LogP contribution in [-0.2, 0) is 25.9 Å². The zero-order chi connectivity index (χ0) is 23.3. The van der Waals surface area contributed by atoms with Crippen LogP contribution in [0.4, 0.5) is 0 Å². The minimum atomic E-state index is -3.36. The Balaban J connectivity index is 1.38. The Morgan fingerprint density at radius 3 is 2.24 bits per heavy atom. The van der Waals surface area contributed by atoms with Crippen molar-refractivity contribution >= 4 is 15.9 Å². The lowest BCUT2D eigenvalue weighted by molar-refractivity contribution is 0.0487. The molecule has 178 valence electrons. The predicted molar refractivity (Wildman–Crippen MR) is 129 cm³/mol. The molecule has 2 aliphatic rings. The number of sulfonamides is 1. The van der Waals surface area contributed by atoms with Crippen LogP contribution in [0.1, 0.15) is 34.3 Å². The van der Waals surface area contributed by atoms with Crippen molar-refractivity contribution in [3.63, 3.8) is 0 Å². The van der Waals surface area contributed by atoms with Crippen LogP contribution >= 0.6 is 0 Å². The van der Waals surface area contributed by atoms with Crippen LogP contribution in [0.15, 0.2) is 54.6 Å². The second-order valence-corrected chi connectivity index (χ2v) is 11.1. The maximum atomic E-state index is 12.9. The highest BCUT2D eigenvalue weighted by Gasteiger charge is 2.34. The summed E-state index contributed by atoms with van der Waals surface area (Å²) in [5, 5.41) is 3.11. The highest BCUT2D eigenvalue weighted by molar-refractivity contribution is 7.88. The van der Waals surface area contributed by atoms with E-state index in [2.05, 4.69) is 22.3 Å². The van der Waals surface area contributed by atoms with Gasteiger partial charge < -0.3 is 15.0 Å². The number of carbonyl (C=O) groups is 1. The lowest BCUT2D eigenvalue weighted by Gasteiger charge is -2.38. The third kappa shape index (κ3) is 5.81. The van der Waals surface area contributed by atoms with Gasteiger partial charge in [-0.15, -0.1) is 0 Å². The van der Waals surface area contributed by atoms with Crippen LogP contribution in [0.25, 0.3) is 0 Å². The normalized spacial score (nSPS) is 19.8. The van der Waals surface area contributed by atoms with Crippen molar-refractivity contribution in [2.24, 2.45) is 0 Å². The van der Waals surface area contributed by atoms with Crippen LogP contribution in [0.2, 0.25) is 0 Å². The van der Waals surface area contributed by atoms with Crippen LogP contribution in [-0.4, -0.2) is 76.5 Å². The number of nitrogens with one attached hydrogen (secondary N) is 1. The van der Waals surface area contributed by atoms with Gasteiger partial charge in [-0.2, -0.15) is 4.31 Å². The average Bonchev–Trinajstić information content (AvgIpc) is 2.84. The van der Waals surface area contributed by atoms with Crippen molar-refractivity contribution in [2.75, 3.05) is 53.0 Å². The smallest absolute Gasteiger partial charge is 0.251 e. The molecule has 0 atom stereocenters. The van der Waals surface area contributed by atoms with E-state index in [1.807, 2.05) is 25.2 Å². The fourth-order valence-electron chi connectivity index (χ4n) is 4.59. The van der Waals surface area contributed by atoms with Gasteiger partial charge in [-0.05, 0) is 43.1 Å². The molecule has 2 aromatic carbocycles. The van der Waals surface area contributed by atoms with Gasteiger partial charge in [-0.3, -0.25) is 4.79 Å². The molecule has 2 aromatic rings. The van der Waals surface area contributed by atoms with E-state index < -0.39 is 10.0 Å². The Labute approximate surface area is 196 Å². The highest BCUT2D eigenvalue weighted by Crippen LogP contribution is 2.34. The number of ether oxygens (including phenoxy) is 1. The molecule has 2 heterocycles. The lowest BCUT2D eigenvalue weighted by Crippen LogP contribution is -2.47. The summed E-state index contributed by atoms with van der Waals surface area (Å²) in [6.07, 6.45) is 1.72. The minimum absolute atomic E-state index is 0.0459. The number of carbonyl (C=O) groups excluding carboxylic acids is 1. The predicted octanol–water partition coefficient (Wildman–Crippen LogP) is 2.24. The number of benzene rings is 2. The molecule has 33 heavy (non-hydrogen) atoms. The zero-order valence-electron chi connectivity index (χ0n) is 19.2. The van der Waals surface area contributed by atoms with Gasteiger partial charge in [0, 0.05) is 56.9 Å². The first kappa shape index (κ1) is 23.9. The van der Waals surface area contributed by atoms with Crippen LogP contribution < -0.4 is 5.32 Å². The summed E-state index contributed by atoms with van der Waals surface area (Å²) < 4.78 is 32.6. The number of nitrogens with zero attached hydrogens (tertiary/aromatic N) is 2. The number of amides is 1. The van der Waals surface area contributed by atoms with Gasteiger partial charge in [0.05, 0.1) is 5.75 Å². The summed E-state index contributed by atoms with van der Waals surface area (Å²) in [6.45, 7) is 4.44. The molecule has 2 saturated heterocycles. The molecule has 8 heteroatoms. The van der Waals surface area contributed by atoms with Crippen molar-refractivity contribution in [1.29, 1.82) is 0 Å². The number of rotatable bonds is 7. The summed E-state index contributed by atoms with van der Waals surface area (Å²) in [5.41, 5.74) is 2.31. The first-order chi connectivity index (χ1) is 15.9. The largest absolute Gasteiger partial charge is 0.381 e. The molecule has 1 amide bonds. The van der Waals surface area contributed by atoms with Crippen molar-refractivity contribution in [3.8, 4) is 0 Å². The fourth-order valence-corrected chi connectivity index (χ4v) is 6.11. The molecule has 0 unspecified atom stereocenters. The molecular weight excluding hydrogens is 438 g/mol. The van der Waals surface area contributed by atoms with Gasteiger partial charge in [0.25, 0.3) is 5.91 Å².